The van der Waals surface area contributed by atoms with Crippen molar-refractivity contribution >= 4 is 21.6 Å². The molecule has 0 saturated carbocycles. The molecule has 190 valence electrons. The number of benzene rings is 3. The molecule has 3 aromatic rings. The van der Waals surface area contributed by atoms with Crippen molar-refractivity contribution in [1.29, 1.82) is 0 Å². The van der Waals surface area contributed by atoms with Crippen molar-refractivity contribution in [2.45, 2.75) is 30.3 Å². The molecule has 36 heavy (non-hydrogen) atoms. The second kappa shape index (κ2) is 10.3. The van der Waals surface area contributed by atoms with E-state index >= 15 is 0 Å². The zero-order chi connectivity index (χ0) is 25.9. The van der Waals surface area contributed by atoms with Crippen molar-refractivity contribution in [3.05, 3.63) is 77.9 Å². The highest BCUT2D eigenvalue weighted by Crippen LogP contribution is 2.33. The Bertz CT molecular complexity index is 1350. The Morgan fingerprint density at radius 3 is 2.25 bits per heavy atom. The Morgan fingerprint density at radius 2 is 1.61 bits per heavy atom. The Kier molecular flexibility index (Phi) is 7.37. The molecule has 0 atom stereocenters. The fraction of sp³-hybridized carbons (Fsp3) is 0.269. The van der Waals surface area contributed by atoms with Gasteiger partial charge in [0.1, 0.15) is 5.75 Å². The van der Waals surface area contributed by atoms with Gasteiger partial charge in [-0.15, -0.1) is 0 Å². The van der Waals surface area contributed by atoms with E-state index < -0.39 is 27.7 Å². The number of amides is 1. The zero-order valence-corrected chi connectivity index (χ0v) is 20.3. The van der Waals surface area contributed by atoms with E-state index in [1.54, 1.807) is 24.3 Å². The van der Waals surface area contributed by atoms with Crippen LogP contribution in [0.15, 0.2) is 71.6 Å². The molecule has 0 aliphatic carbocycles. The number of anilines is 1. The summed E-state index contributed by atoms with van der Waals surface area (Å²) < 4.78 is 71.9. The number of sulfonamides is 1. The molecule has 1 saturated heterocycles. The standard InChI is InChI=1S/C26H25F3N2O4S/c1-35-24-14-13-20(36(33,34)31-15-5-2-6-16-31)17-23(24)30-25(32)22-8-4-3-7-21(22)18-9-11-19(12-10-18)26(27,28)29/h3-4,7-14,17H,2,5-6,15-16H2,1H3,(H,30,32). The van der Waals surface area contributed by atoms with Crippen molar-refractivity contribution in [1.82, 2.24) is 4.31 Å². The average molecular weight is 519 g/mol. The van der Waals surface area contributed by atoms with Gasteiger partial charge in [-0.1, -0.05) is 36.8 Å². The molecule has 1 aliphatic rings. The maximum absolute atomic E-state index is 13.3. The van der Waals surface area contributed by atoms with Crippen LogP contribution in [0.1, 0.15) is 35.2 Å². The first-order valence-electron chi connectivity index (χ1n) is 11.4. The molecule has 0 radical (unpaired) electrons. The van der Waals surface area contributed by atoms with Gasteiger partial charge in [0, 0.05) is 18.7 Å². The number of carbonyl (C=O) groups is 1. The molecule has 1 N–H and O–H groups in total. The third-order valence-corrected chi connectivity index (χ3v) is 7.96. The summed E-state index contributed by atoms with van der Waals surface area (Å²) in [5.41, 5.74) is 0.456. The first kappa shape index (κ1) is 25.7. The summed E-state index contributed by atoms with van der Waals surface area (Å²) in [6, 6.07) is 15.3. The lowest BCUT2D eigenvalue weighted by Gasteiger charge is -2.26. The fourth-order valence-electron chi connectivity index (χ4n) is 4.16. The number of hydrogen-bond donors (Lipinski definition) is 1. The maximum Gasteiger partial charge on any atom is 0.416 e. The van der Waals surface area contributed by atoms with Crippen molar-refractivity contribution in [2.24, 2.45) is 0 Å². The summed E-state index contributed by atoms with van der Waals surface area (Å²) in [6.07, 6.45) is -1.90. The van der Waals surface area contributed by atoms with Gasteiger partial charge in [-0.05, 0) is 60.4 Å². The molecule has 1 fully saturated rings. The van der Waals surface area contributed by atoms with Crippen LogP contribution < -0.4 is 10.1 Å². The molecule has 0 spiro atoms. The molecular formula is C26H25F3N2O4S. The van der Waals surface area contributed by atoms with E-state index in [2.05, 4.69) is 5.32 Å². The van der Waals surface area contributed by atoms with Crippen molar-refractivity contribution in [3.8, 4) is 16.9 Å². The first-order chi connectivity index (χ1) is 17.1. The molecule has 4 rings (SSSR count). The molecule has 6 nitrogen and oxygen atoms in total. The van der Waals surface area contributed by atoms with Crippen molar-refractivity contribution in [2.75, 3.05) is 25.5 Å². The van der Waals surface area contributed by atoms with Gasteiger partial charge in [0.2, 0.25) is 10.0 Å². The minimum atomic E-state index is -4.47. The van der Waals surface area contributed by atoms with Crippen LogP contribution in [0.3, 0.4) is 0 Å². The summed E-state index contributed by atoms with van der Waals surface area (Å²) in [6.45, 7) is 0.882. The number of halogens is 3. The number of carbonyl (C=O) groups excluding carboxylic acids is 1. The minimum Gasteiger partial charge on any atom is -0.495 e. The third kappa shape index (κ3) is 5.39. The van der Waals surface area contributed by atoms with E-state index in [9.17, 15) is 26.4 Å². The number of rotatable bonds is 6. The SMILES string of the molecule is COc1ccc(S(=O)(=O)N2CCCCC2)cc1NC(=O)c1ccccc1-c1ccc(C(F)(F)F)cc1. The molecule has 1 aliphatic heterocycles. The maximum atomic E-state index is 13.3. The molecule has 1 amide bonds. The molecule has 0 aromatic heterocycles. The van der Waals surface area contributed by atoms with Gasteiger partial charge in [0.05, 0.1) is 23.3 Å². The predicted octanol–water partition coefficient (Wildman–Crippen LogP) is 5.81. The van der Waals surface area contributed by atoms with Crippen LogP contribution in [0, 0.1) is 0 Å². The van der Waals surface area contributed by atoms with Crippen LogP contribution in [0.2, 0.25) is 0 Å². The summed E-state index contributed by atoms with van der Waals surface area (Å²) in [5.74, 6) is -0.288. The smallest absolute Gasteiger partial charge is 0.416 e. The highest BCUT2D eigenvalue weighted by atomic mass is 32.2. The lowest BCUT2D eigenvalue weighted by atomic mass is 9.98. The largest absolute Gasteiger partial charge is 0.495 e. The summed E-state index contributed by atoms with van der Waals surface area (Å²) in [4.78, 5) is 13.3. The van der Waals surface area contributed by atoms with E-state index in [-0.39, 0.29) is 21.9 Å². The van der Waals surface area contributed by atoms with Crippen LogP contribution in [-0.4, -0.2) is 38.8 Å². The normalized spacial score (nSPS) is 14.9. The number of piperidine rings is 1. The van der Waals surface area contributed by atoms with Crippen LogP contribution in [0.25, 0.3) is 11.1 Å². The van der Waals surface area contributed by atoms with Gasteiger partial charge in [-0.3, -0.25) is 4.79 Å². The molecule has 0 bridgehead atoms. The van der Waals surface area contributed by atoms with Crippen LogP contribution in [0.5, 0.6) is 5.75 Å². The van der Waals surface area contributed by atoms with E-state index in [4.69, 9.17) is 4.74 Å². The minimum absolute atomic E-state index is 0.0384. The van der Waals surface area contributed by atoms with Gasteiger partial charge in [-0.2, -0.15) is 17.5 Å². The van der Waals surface area contributed by atoms with Crippen molar-refractivity contribution in [3.63, 3.8) is 0 Å². The van der Waals surface area contributed by atoms with E-state index in [1.165, 1.54) is 41.7 Å². The highest BCUT2D eigenvalue weighted by Gasteiger charge is 2.30. The topological polar surface area (TPSA) is 75.7 Å². The lowest BCUT2D eigenvalue weighted by Crippen LogP contribution is -2.35. The van der Waals surface area contributed by atoms with Crippen LogP contribution >= 0.6 is 0 Å². The number of nitrogens with one attached hydrogen (secondary N) is 1. The highest BCUT2D eigenvalue weighted by molar-refractivity contribution is 7.89. The Morgan fingerprint density at radius 1 is 0.944 bits per heavy atom. The Balaban J connectivity index is 1.65. The van der Waals surface area contributed by atoms with Gasteiger partial charge >= 0.3 is 6.18 Å². The second-order valence-corrected chi connectivity index (χ2v) is 10.3. The second-order valence-electron chi connectivity index (χ2n) is 8.40. The predicted molar refractivity (Wildman–Crippen MR) is 130 cm³/mol. The lowest BCUT2D eigenvalue weighted by molar-refractivity contribution is -0.137. The number of nitrogens with zero attached hydrogens (tertiary/aromatic N) is 1. The summed E-state index contributed by atoms with van der Waals surface area (Å²) in [7, 11) is -2.34. The van der Waals surface area contributed by atoms with Gasteiger partial charge in [0.25, 0.3) is 5.91 Å². The zero-order valence-electron chi connectivity index (χ0n) is 19.5. The molecule has 3 aromatic carbocycles. The fourth-order valence-corrected chi connectivity index (χ4v) is 5.70. The number of hydrogen-bond acceptors (Lipinski definition) is 4. The monoisotopic (exact) mass is 518 g/mol. The molecule has 1 heterocycles. The number of methoxy groups -OCH3 is 1. The van der Waals surface area contributed by atoms with Crippen LogP contribution in [-0.2, 0) is 16.2 Å². The van der Waals surface area contributed by atoms with E-state index in [1.807, 2.05) is 0 Å². The van der Waals surface area contributed by atoms with E-state index in [0.29, 0.717) is 24.2 Å². The Hall–Kier alpha value is -3.37. The quantitative estimate of drug-likeness (QED) is 0.447. The number of ether oxygens (including phenoxy) is 1. The summed E-state index contributed by atoms with van der Waals surface area (Å²) >= 11 is 0. The van der Waals surface area contributed by atoms with Gasteiger partial charge in [-0.25, -0.2) is 8.42 Å². The van der Waals surface area contributed by atoms with Gasteiger partial charge < -0.3 is 10.1 Å². The third-order valence-electron chi connectivity index (χ3n) is 6.07. The molecule has 0 unspecified atom stereocenters. The molecular weight excluding hydrogens is 493 g/mol. The summed E-state index contributed by atoms with van der Waals surface area (Å²) in [5, 5.41) is 2.71. The van der Waals surface area contributed by atoms with E-state index in [0.717, 1.165) is 31.4 Å². The van der Waals surface area contributed by atoms with Crippen LogP contribution in [0.4, 0.5) is 18.9 Å². The van der Waals surface area contributed by atoms with Gasteiger partial charge in [0.15, 0.2) is 0 Å². The van der Waals surface area contributed by atoms with Crippen molar-refractivity contribution < 1.29 is 31.1 Å². The molecule has 10 heteroatoms. The number of alkyl halides is 3. The Labute approximate surface area is 207 Å². The first-order valence-corrected chi connectivity index (χ1v) is 12.8. The average Bonchev–Trinajstić information content (AvgIpc) is 2.88.